The Morgan fingerprint density at radius 3 is 2.56 bits per heavy atom. The summed E-state index contributed by atoms with van der Waals surface area (Å²) in [5.74, 6) is 1.43. The highest BCUT2D eigenvalue weighted by Crippen LogP contribution is 2.24. The molecule has 1 amide bonds. The van der Waals surface area contributed by atoms with Crippen molar-refractivity contribution in [3.8, 4) is 11.5 Å². The van der Waals surface area contributed by atoms with Gasteiger partial charge in [0.15, 0.2) is 6.54 Å². The Morgan fingerprint density at radius 1 is 1.16 bits per heavy atom. The second-order valence-corrected chi connectivity index (χ2v) is 6.41. The molecule has 1 unspecified atom stereocenters. The zero-order valence-electron chi connectivity index (χ0n) is 15.0. The number of carbonyl (C=O) groups excluding carboxylic acids is 1. The molecule has 25 heavy (non-hydrogen) atoms. The van der Waals surface area contributed by atoms with Crippen LogP contribution in [0.3, 0.4) is 0 Å². The number of halogens is 1. The Bertz CT molecular complexity index is 749. The van der Waals surface area contributed by atoms with Gasteiger partial charge < -0.3 is 19.7 Å². The molecule has 134 valence electrons. The molecule has 6 heteroatoms. The van der Waals surface area contributed by atoms with Crippen LogP contribution in [0.2, 0.25) is 5.02 Å². The van der Waals surface area contributed by atoms with Crippen LogP contribution in [0.15, 0.2) is 36.4 Å². The third-order valence-electron chi connectivity index (χ3n) is 3.90. The maximum absolute atomic E-state index is 12.2. The quantitative estimate of drug-likeness (QED) is 0.793. The van der Waals surface area contributed by atoms with Crippen molar-refractivity contribution in [3.05, 3.63) is 52.5 Å². The van der Waals surface area contributed by atoms with Crippen LogP contribution in [0.4, 0.5) is 5.69 Å². The molecule has 2 rings (SSSR count). The molecular formula is C19H24ClN2O3+. The Labute approximate surface area is 153 Å². The van der Waals surface area contributed by atoms with E-state index in [0.29, 0.717) is 23.8 Å². The van der Waals surface area contributed by atoms with Gasteiger partial charge in [-0.05, 0) is 36.8 Å². The largest absolute Gasteiger partial charge is 0.497 e. The van der Waals surface area contributed by atoms with Crippen LogP contribution in [0, 0.1) is 6.92 Å². The normalized spacial score (nSPS) is 11.7. The number of amides is 1. The summed E-state index contributed by atoms with van der Waals surface area (Å²) in [6, 6.07) is 11.2. The number of aryl methyl sites for hydroxylation is 1. The molecule has 0 aliphatic heterocycles. The van der Waals surface area contributed by atoms with Crippen LogP contribution >= 0.6 is 11.6 Å². The molecule has 0 fully saturated rings. The maximum atomic E-state index is 12.2. The predicted molar refractivity (Wildman–Crippen MR) is 99.8 cm³/mol. The van der Waals surface area contributed by atoms with E-state index in [1.807, 2.05) is 44.3 Å². The highest BCUT2D eigenvalue weighted by Gasteiger charge is 2.14. The molecule has 1 atom stereocenters. The smallest absolute Gasteiger partial charge is 0.279 e. The SMILES string of the molecule is COc1ccc(C[NH+](C)CC(=O)Nc2ccc(C)c(Cl)c2)c(OC)c1. The van der Waals surface area contributed by atoms with Crippen molar-refractivity contribution in [2.45, 2.75) is 13.5 Å². The first-order chi connectivity index (χ1) is 11.9. The lowest BCUT2D eigenvalue weighted by Gasteiger charge is -2.16. The third-order valence-corrected chi connectivity index (χ3v) is 4.31. The molecule has 0 saturated carbocycles. The third kappa shape index (κ3) is 5.37. The van der Waals surface area contributed by atoms with Crippen molar-refractivity contribution in [1.82, 2.24) is 0 Å². The van der Waals surface area contributed by atoms with Gasteiger partial charge in [-0.2, -0.15) is 0 Å². The van der Waals surface area contributed by atoms with Gasteiger partial charge in [-0.3, -0.25) is 4.79 Å². The second-order valence-electron chi connectivity index (χ2n) is 6.00. The topological polar surface area (TPSA) is 52.0 Å². The number of carbonyl (C=O) groups is 1. The molecule has 0 bridgehead atoms. The van der Waals surface area contributed by atoms with Gasteiger partial charge in [0, 0.05) is 22.3 Å². The zero-order chi connectivity index (χ0) is 18.4. The number of methoxy groups -OCH3 is 2. The van der Waals surface area contributed by atoms with E-state index >= 15 is 0 Å². The lowest BCUT2D eigenvalue weighted by Crippen LogP contribution is -3.08. The number of ether oxygens (including phenoxy) is 2. The van der Waals surface area contributed by atoms with Crippen LogP contribution in [-0.4, -0.2) is 33.7 Å². The maximum Gasteiger partial charge on any atom is 0.279 e. The number of quaternary nitrogens is 1. The van der Waals surface area contributed by atoms with Crippen molar-refractivity contribution in [2.24, 2.45) is 0 Å². The molecule has 5 nitrogen and oxygen atoms in total. The van der Waals surface area contributed by atoms with E-state index in [2.05, 4.69) is 5.32 Å². The first-order valence-corrected chi connectivity index (χ1v) is 8.39. The number of anilines is 1. The van der Waals surface area contributed by atoms with E-state index in [1.165, 1.54) is 0 Å². The fourth-order valence-corrected chi connectivity index (χ4v) is 2.72. The number of rotatable bonds is 7. The summed E-state index contributed by atoms with van der Waals surface area (Å²) in [6.45, 7) is 2.92. The fourth-order valence-electron chi connectivity index (χ4n) is 2.54. The van der Waals surface area contributed by atoms with E-state index in [9.17, 15) is 4.79 Å². The van der Waals surface area contributed by atoms with E-state index in [1.54, 1.807) is 20.3 Å². The first-order valence-electron chi connectivity index (χ1n) is 8.01. The van der Waals surface area contributed by atoms with Gasteiger partial charge in [0.05, 0.1) is 21.3 Å². The average Bonchev–Trinajstić information content (AvgIpc) is 2.58. The number of likely N-dealkylation sites (N-methyl/N-ethyl adjacent to an activating group) is 1. The van der Waals surface area contributed by atoms with E-state index in [0.717, 1.165) is 27.5 Å². The average molecular weight is 364 g/mol. The number of benzene rings is 2. The lowest BCUT2D eigenvalue weighted by molar-refractivity contribution is -0.885. The van der Waals surface area contributed by atoms with Gasteiger partial charge in [0.1, 0.15) is 18.0 Å². The van der Waals surface area contributed by atoms with Gasteiger partial charge in [-0.15, -0.1) is 0 Å². The number of nitrogens with one attached hydrogen (secondary N) is 2. The summed E-state index contributed by atoms with van der Waals surface area (Å²) in [7, 11) is 5.21. The number of hydrogen-bond acceptors (Lipinski definition) is 3. The highest BCUT2D eigenvalue weighted by molar-refractivity contribution is 6.31. The van der Waals surface area contributed by atoms with Gasteiger partial charge in [0.2, 0.25) is 0 Å². The zero-order valence-corrected chi connectivity index (χ0v) is 15.7. The Balaban J connectivity index is 1.96. The number of hydrogen-bond donors (Lipinski definition) is 2. The van der Waals surface area contributed by atoms with Crippen molar-refractivity contribution in [1.29, 1.82) is 0 Å². The molecule has 2 aromatic carbocycles. The molecule has 0 aliphatic carbocycles. The fraction of sp³-hybridized carbons (Fsp3) is 0.316. The van der Waals surface area contributed by atoms with Crippen LogP contribution in [0.1, 0.15) is 11.1 Å². The molecular weight excluding hydrogens is 340 g/mol. The Kier molecular flexibility index (Phi) is 6.67. The molecule has 2 aromatic rings. The standard InChI is InChI=1S/C19H23ClN2O3/c1-13-5-7-15(9-17(13)20)21-19(23)12-22(2)11-14-6-8-16(24-3)10-18(14)25-4/h5-10H,11-12H2,1-4H3,(H,21,23)/p+1. The Morgan fingerprint density at radius 2 is 1.92 bits per heavy atom. The summed E-state index contributed by atoms with van der Waals surface area (Å²) in [5.41, 5.74) is 2.71. The lowest BCUT2D eigenvalue weighted by atomic mass is 10.1. The summed E-state index contributed by atoms with van der Waals surface area (Å²) in [4.78, 5) is 13.3. The Hall–Kier alpha value is -2.24. The van der Waals surface area contributed by atoms with E-state index in [4.69, 9.17) is 21.1 Å². The predicted octanol–water partition coefficient (Wildman–Crippen LogP) is 2.32. The molecule has 0 radical (unpaired) electrons. The van der Waals surface area contributed by atoms with Gasteiger partial charge in [-0.25, -0.2) is 0 Å². The summed E-state index contributed by atoms with van der Waals surface area (Å²) >= 11 is 6.09. The summed E-state index contributed by atoms with van der Waals surface area (Å²) in [6.07, 6.45) is 0. The molecule has 0 aliphatic rings. The van der Waals surface area contributed by atoms with Crippen molar-refractivity contribution >= 4 is 23.2 Å². The first kappa shape index (κ1) is 19.1. The minimum absolute atomic E-state index is 0.0649. The minimum Gasteiger partial charge on any atom is -0.497 e. The summed E-state index contributed by atoms with van der Waals surface area (Å²) < 4.78 is 10.6. The van der Waals surface area contributed by atoms with Crippen LogP contribution in [0.25, 0.3) is 0 Å². The van der Waals surface area contributed by atoms with E-state index in [-0.39, 0.29) is 5.91 Å². The van der Waals surface area contributed by atoms with Crippen molar-refractivity contribution < 1.29 is 19.2 Å². The highest BCUT2D eigenvalue weighted by atomic mass is 35.5. The van der Waals surface area contributed by atoms with Gasteiger partial charge in [0.25, 0.3) is 5.91 Å². The van der Waals surface area contributed by atoms with Crippen LogP contribution in [0.5, 0.6) is 11.5 Å². The molecule has 0 aromatic heterocycles. The molecule has 0 spiro atoms. The minimum atomic E-state index is -0.0649. The van der Waals surface area contributed by atoms with Gasteiger partial charge in [-0.1, -0.05) is 17.7 Å². The monoisotopic (exact) mass is 363 g/mol. The van der Waals surface area contributed by atoms with Gasteiger partial charge >= 0.3 is 0 Å². The van der Waals surface area contributed by atoms with E-state index < -0.39 is 0 Å². The van der Waals surface area contributed by atoms with Crippen LogP contribution in [-0.2, 0) is 11.3 Å². The summed E-state index contributed by atoms with van der Waals surface area (Å²) in [5, 5.41) is 3.52. The van der Waals surface area contributed by atoms with Crippen molar-refractivity contribution in [3.63, 3.8) is 0 Å². The molecule has 0 heterocycles. The van der Waals surface area contributed by atoms with Crippen molar-refractivity contribution in [2.75, 3.05) is 33.1 Å². The molecule has 2 N–H and O–H groups in total. The van der Waals surface area contributed by atoms with Crippen LogP contribution < -0.4 is 19.7 Å². The second kappa shape index (κ2) is 8.74. The molecule has 0 saturated heterocycles.